The highest BCUT2D eigenvalue weighted by molar-refractivity contribution is 4.84. The number of nitrogens with zero attached hydrogens (tertiary/aromatic N) is 2. The smallest absolute Gasteiger partial charge is 0.0120 e. The van der Waals surface area contributed by atoms with Gasteiger partial charge in [0.25, 0.3) is 0 Å². The van der Waals surface area contributed by atoms with Gasteiger partial charge in [-0.1, -0.05) is 20.3 Å². The van der Waals surface area contributed by atoms with Gasteiger partial charge in [0, 0.05) is 12.6 Å². The molecule has 0 aromatic carbocycles. The van der Waals surface area contributed by atoms with Crippen molar-refractivity contribution in [3.63, 3.8) is 0 Å². The topological polar surface area (TPSA) is 18.5 Å². The van der Waals surface area contributed by atoms with Gasteiger partial charge in [0.1, 0.15) is 0 Å². The van der Waals surface area contributed by atoms with E-state index in [4.69, 9.17) is 0 Å². The molecule has 0 bridgehead atoms. The van der Waals surface area contributed by atoms with E-state index in [9.17, 15) is 0 Å². The summed E-state index contributed by atoms with van der Waals surface area (Å²) in [6.07, 6.45) is 5.20. The van der Waals surface area contributed by atoms with Gasteiger partial charge in [0.05, 0.1) is 0 Å². The van der Waals surface area contributed by atoms with Crippen molar-refractivity contribution < 1.29 is 0 Å². The van der Waals surface area contributed by atoms with E-state index < -0.39 is 0 Å². The van der Waals surface area contributed by atoms with Gasteiger partial charge in [-0.05, 0) is 65.5 Å². The van der Waals surface area contributed by atoms with Crippen LogP contribution < -0.4 is 5.32 Å². The highest BCUT2D eigenvalue weighted by Gasteiger charge is 2.26. The molecule has 0 aliphatic carbocycles. The van der Waals surface area contributed by atoms with Crippen molar-refractivity contribution in [2.45, 2.75) is 45.6 Å². The molecule has 1 saturated heterocycles. The maximum absolute atomic E-state index is 3.73. The third kappa shape index (κ3) is 5.68. The molecule has 0 saturated carbocycles. The SMILES string of the molecule is CCCNC1CCN(CCCN(C)C)CC1CC. The normalized spacial score (nSPS) is 25.8. The van der Waals surface area contributed by atoms with E-state index in [1.54, 1.807) is 0 Å². The summed E-state index contributed by atoms with van der Waals surface area (Å²) in [5.74, 6) is 0.852. The molecule has 1 rings (SSSR count). The first-order valence-corrected chi connectivity index (χ1v) is 7.77. The van der Waals surface area contributed by atoms with Crippen LogP contribution in [0.2, 0.25) is 0 Å². The first-order valence-electron chi connectivity index (χ1n) is 7.77. The lowest BCUT2D eigenvalue weighted by Gasteiger charge is -2.39. The van der Waals surface area contributed by atoms with Crippen LogP contribution >= 0.6 is 0 Å². The van der Waals surface area contributed by atoms with Gasteiger partial charge in [-0.3, -0.25) is 0 Å². The lowest BCUT2D eigenvalue weighted by Crippen LogP contribution is -2.49. The van der Waals surface area contributed by atoms with E-state index in [1.165, 1.54) is 58.4 Å². The Morgan fingerprint density at radius 1 is 1.28 bits per heavy atom. The van der Waals surface area contributed by atoms with Gasteiger partial charge in [-0.2, -0.15) is 0 Å². The third-order valence-electron chi connectivity index (χ3n) is 4.08. The average molecular weight is 255 g/mol. The monoisotopic (exact) mass is 255 g/mol. The predicted molar refractivity (Wildman–Crippen MR) is 80.1 cm³/mol. The van der Waals surface area contributed by atoms with Crippen LogP contribution in [0.5, 0.6) is 0 Å². The molecule has 1 heterocycles. The second-order valence-corrected chi connectivity index (χ2v) is 5.98. The van der Waals surface area contributed by atoms with Crippen LogP contribution in [0.1, 0.15) is 39.5 Å². The molecule has 1 fully saturated rings. The molecular weight excluding hydrogens is 222 g/mol. The van der Waals surface area contributed by atoms with Crippen molar-refractivity contribution in [2.24, 2.45) is 5.92 Å². The Morgan fingerprint density at radius 2 is 2.06 bits per heavy atom. The Kier molecular flexibility index (Phi) is 7.87. The highest BCUT2D eigenvalue weighted by atomic mass is 15.2. The minimum absolute atomic E-state index is 0.764. The minimum Gasteiger partial charge on any atom is -0.314 e. The Bertz CT molecular complexity index is 206. The molecule has 1 aliphatic rings. The minimum atomic E-state index is 0.764. The summed E-state index contributed by atoms with van der Waals surface area (Å²) in [5, 5.41) is 3.73. The van der Waals surface area contributed by atoms with E-state index in [0.717, 1.165) is 12.0 Å². The number of likely N-dealkylation sites (tertiary alicyclic amines) is 1. The van der Waals surface area contributed by atoms with Crippen molar-refractivity contribution in [3.05, 3.63) is 0 Å². The number of nitrogens with one attached hydrogen (secondary N) is 1. The summed E-state index contributed by atoms with van der Waals surface area (Å²) in [4.78, 5) is 4.95. The molecule has 3 nitrogen and oxygen atoms in total. The van der Waals surface area contributed by atoms with Crippen molar-refractivity contribution >= 4 is 0 Å². The molecule has 18 heavy (non-hydrogen) atoms. The number of hydrogen-bond donors (Lipinski definition) is 1. The Hall–Kier alpha value is -0.120. The molecule has 108 valence electrons. The quantitative estimate of drug-likeness (QED) is 0.716. The van der Waals surface area contributed by atoms with Gasteiger partial charge >= 0.3 is 0 Å². The Labute approximate surface area is 114 Å². The maximum Gasteiger partial charge on any atom is 0.0120 e. The largest absolute Gasteiger partial charge is 0.314 e. The first-order chi connectivity index (χ1) is 8.67. The molecule has 0 spiro atoms. The standard InChI is InChI=1S/C15H33N3/c1-5-9-16-15-8-12-18(13-14(15)6-2)11-7-10-17(3)4/h14-16H,5-13H2,1-4H3. The molecule has 0 aromatic rings. The number of rotatable bonds is 8. The lowest BCUT2D eigenvalue weighted by atomic mass is 9.89. The second kappa shape index (κ2) is 8.89. The summed E-state index contributed by atoms with van der Waals surface area (Å²) in [5.41, 5.74) is 0. The molecular formula is C15H33N3. The lowest BCUT2D eigenvalue weighted by molar-refractivity contribution is 0.131. The number of hydrogen-bond acceptors (Lipinski definition) is 3. The molecule has 0 radical (unpaired) electrons. The Morgan fingerprint density at radius 3 is 2.67 bits per heavy atom. The van der Waals surface area contributed by atoms with Crippen molar-refractivity contribution in [3.8, 4) is 0 Å². The van der Waals surface area contributed by atoms with Gasteiger partial charge in [-0.25, -0.2) is 0 Å². The van der Waals surface area contributed by atoms with Crippen LogP contribution in [-0.2, 0) is 0 Å². The highest BCUT2D eigenvalue weighted by Crippen LogP contribution is 2.20. The fourth-order valence-corrected chi connectivity index (χ4v) is 2.93. The average Bonchev–Trinajstić information content (AvgIpc) is 2.36. The van der Waals surface area contributed by atoms with Gasteiger partial charge in [0.15, 0.2) is 0 Å². The van der Waals surface area contributed by atoms with E-state index in [0.29, 0.717) is 0 Å². The predicted octanol–water partition coefficient (Wildman–Crippen LogP) is 2.04. The van der Waals surface area contributed by atoms with Crippen molar-refractivity contribution in [1.82, 2.24) is 15.1 Å². The van der Waals surface area contributed by atoms with Crippen LogP contribution in [0.3, 0.4) is 0 Å². The molecule has 0 aromatic heterocycles. The zero-order valence-corrected chi connectivity index (χ0v) is 12.9. The van der Waals surface area contributed by atoms with Crippen molar-refractivity contribution in [1.29, 1.82) is 0 Å². The van der Waals surface area contributed by atoms with Gasteiger partial charge in [-0.15, -0.1) is 0 Å². The fourth-order valence-electron chi connectivity index (χ4n) is 2.93. The zero-order valence-electron chi connectivity index (χ0n) is 12.9. The van der Waals surface area contributed by atoms with Crippen LogP contribution in [0.15, 0.2) is 0 Å². The summed E-state index contributed by atoms with van der Waals surface area (Å²) >= 11 is 0. The third-order valence-corrected chi connectivity index (χ3v) is 4.08. The fraction of sp³-hybridized carbons (Fsp3) is 1.00. The maximum atomic E-state index is 3.73. The Balaban J connectivity index is 2.26. The molecule has 1 aliphatic heterocycles. The second-order valence-electron chi connectivity index (χ2n) is 5.98. The van der Waals surface area contributed by atoms with E-state index in [-0.39, 0.29) is 0 Å². The van der Waals surface area contributed by atoms with E-state index in [1.807, 2.05) is 0 Å². The molecule has 2 atom stereocenters. The van der Waals surface area contributed by atoms with Crippen molar-refractivity contribution in [2.75, 3.05) is 46.8 Å². The zero-order chi connectivity index (χ0) is 13.4. The van der Waals surface area contributed by atoms with Crippen LogP contribution in [0.25, 0.3) is 0 Å². The molecule has 1 N–H and O–H groups in total. The summed E-state index contributed by atoms with van der Waals surface area (Å²) in [7, 11) is 4.32. The van der Waals surface area contributed by atoms with Crippen LogP contribution in [-0.4, -0.2) is 62.7 Å². The molecule has 0 amide bonds. The first kappa shape index (κ1) is 15.9. The molecule has 2 unspecified atom stereocenters. The summed E-state index contributed by atoms with van der Waals surface area (Å²) < 4.78 is 0. The van der Waals surface area contributed by atoms with Gasteiger partial charge < -0.3 is 15.1 Å². The van der Waals surface area contributed by atoms with Crippen LogP contribution in [0.4, 0.5) is 0 Å². The van der Waals surface area contributed by atoms with E-state index in [2.05, 4.69) is 43.1 Å². The molecule has 3 heteroatoms. The van der Waals surface area contributed by atoms with E-state index >= 15 is 0 Å². The number of piperidine rings is 1. The van der Waals surface area contributed by atoms with Gasteiger partial charge in [0.2, 0.25) is 0 Å². The summed E-state index contributed by atoms with van der Waals surface area (Å²) in [6, 6.07) is 0.764. The van der Waals surface area contributed by atoms with Crippen LogP contribution in [0, 0.1) is 5.92 Å². The summed E-state index contributed by atoms with van der Waals surface area (Å²) in [6.45, 7) is 10.8.